The van der Waals surface area contributed by atoms with Gasteiger partial charge in [-0.2, -0.15) is 0 Å². The lowest BCUT2D eigenvalue weighted by Crippen LogP contribution is -2.30. The second-order valence-electron chi connectivity index (χ2n) is 6.25. The van der Waals surface area contributed by atoms with Gasteiger partial charge in [-0.25, -0.2) is 9.37 Å². The number of nitrogens with zero attached hydrogens (tertiary/aromatic N) is 1. The number of amides is 1. The lowest BCUT2D eigenvalue weighted by molar-refractivity contribution is -0.122. The van der Waals surface area contributed by atoms with E-state index in [4.69, 9.17) is 9.15 Å². The van der Waals surface area contributed by atoms with Gasteiger partial charge in [0.1, 0.15) is 5.52 Å². The predicted octanol–water partition coefficient (Wildman–Crippen LogP) is 5.04. The molecule has 3 aromatic carbocycles. The summed E-state index contributed by atoms with van der Waals surface area (Å²) in [5.41, 5.74) is 2.75. The highest BCUT2D eigenvalue weighted by Crippen LogP contribution is 2.26. The first-order valence-corrected chi connectivity index (χ1v) is 8.78. The van der Waals surface area contributed by atoms with Crippen LogP contribution in [0.15, 0.2) is 77.2 Å². The topological polar surface area (TPSA) is 64.4 Å². The fraction of sp³-hybridized carbons (Fsp3) is 0.0909. The fourth-order valence-electron chi connectivity index (χ4n) is 2.75. The van der Waals surface area contributed by atoms with Gasteiger partial charge in [-0.1, -0.05) is 30.3 Å². The predicted molar refractivity (Wildman–Crippen MR) is 105 cm³/mol. The maximum Gasteiger partial charge on any atom is 0.265 e. The first kappa shape index (κ1) is 17.7. The van der Waals surface area contributed by atoms with Crippen LogP contribution in [-0.2, 0) is 4.79 Å². The van der Waals surface area contributed by atoms with E-state index < -0.39 is 17.8 Å². The number of aromatic nitrogens is 1. The number of carbonyl (C=O) groups excluding carboxylic acids is 1. The Morgan fingerprint density at radius 3 is 2.68 bits per heavy atom. The summed E-state index contributed by atoms with van der Waals surface area (Å²) in [5.74, 6) is -0.406. The van der Waals surface area contributed by atoms with Crippen LogP contribution in [0.3, 0.4) is 0 Å². The number of para-hydroxylation sites is 3. The average molecular weight is 376 g/mol. The molecule has 6 heteroatoms. The van der Waals surface area contributed by atoms with Crippen molar-refractivity contribution in [2.24, 2.45) is 0 Å². The molecule has 0 saturated carbocycles. The van der Waals surface area contributed by atoms with Gasteiger partial charge in [0.2, 0.25) is 5.89 Å². The van der Waals surface area contributed by atoms with E-state index in [2.05, 4.69) is 10.3 Å². The van der Waals surface area contributed by atoms with E-state index in [1.54, 1.807) is 37.3 Å². The van der Waals surface area contributed by atoms with Crippen LogP contribution in [0.4, 0.5) is 10.1 Å². The molecule has 0 spiro atoms. The number of fused-ring (bicyclic) bond motifs is 1. The zero-order valence-corrected chi connectivity index (χ0v) is 15.1. The third-order valence-corrected chi connectivity index (χ3v) is 4.18. The van der Waals surface area contributed by atoms with Crippen LogP contribution in [0.1, 0.15) is 6.92 Å². The summed E-state index contributed by atoms with van der Waals surface area (Å²) in [5, 5.41) is 2.77. The van der Waals surface area contributed by atoms with Crippen molar-refractivity contribution in [3.8, 4) is 17.2 Å². The molecule has 5 nitrogen and oxygen atoms in total. The number of carbonyl (C=O) groups is 1. The summed E-state index contributed by atoms with van der Waals surface area (Å²) in [7, 11) is 0. The van der Waals surface area contributed by atoms with Gasteiger partial charge in [-0.05, 0) is 49.4 Å². The van der Waals surface area contributed by atoms with Crippen molar-refractivity contribution in [1.82, 2.24) is 4.98 Å². The van der Waals surface area contributed by atoms with Crippen molar-refractivity contribution >= 4 is 22.7 Å². The summed E-state index contributed by atoms with van der Waals surface area (Å²) in [4.78, 5) is 16.9. The maximum atomic E-state index is 13.7. The average Bonchev–Trinajstić information content (AvgIpc) is 3.14. The summed E-state index contributed by atoms with van der Waals surface area (Å²) in [6, 6.07) is 20.6. The van der Waals surface area contributed by atoms with Crippen molar-refractivity contribution < 1.29 is 18.3 Å². The van der Waals surface area contributed by atoms with Crippen LogP contribution in [-0.4, -0.2) is 17.0 Å². The summed E-state index contributed by atoms with van der Waals surface area (Å²) < 4.78 is 24.9. The molecule has 0 aliphatic heterocycles. The number of benzene rings is 3. The summed E-state index contributed by atoms with van der Waals surface area (Å²) >= 11 is 0. The summed E-state index contributed by atoms with van der Waals surface area (Å²) in [6.45, 7) is 1.56. The highest BCUT2D eigenvalue weighted by molar-refractivity contribution is 5.94. The van der Waals surface area contributed by atoms with E-state index in [-0.39, 0.29) is 5.75 Å². The van der Waals surface area contributed by atoms with Gasteiger partial charge >= 0.3 is 0 Å². The highest BCUT2D eigenvalue weighted by atomic mass is 19.1. The van der Waals surface area contributed by atoms with Gasteiger partial charge in [0.15, 0.2) is 23.3 Å². The lowest BCUT2D eigenvalue weighted by atomic mass is 10.2. The van der Waals surface area contributed by atoms with Gasteiger partial charge in [-0.3, -0.25) is 4.79 Å². The van der Waals surface area contributed by atoms with Gasteiger partial charge in [0.25, 0.3) is 5.91 Å². The molecule has 1 unspecified atom stereocenters. The lowest BCUT2D eigenvalue weighted by Gasteiger charge is -2.15. The zero-order chi connectivity index (χ0) is 19.5. The van der Waals surface area contributed by atoms with Crippen LogP contribution in [0.2, 0.25) is 0 Å². The van der Waals surface area contributed by atoms with Gasteiger partial charge in [0, 0.05) is 11.3 Å². The molecule has 0 saturated heterocycles. The minimum Gasteiger partial charge on any atom is -0.478 e. The van der Waals surface area contributed by atoms with Crippen LogP contribution in [0.25, 0.3) is 22.6 Å². The van der Waals surface area contributed by atoms with Gasteiger partial charge in [-0.15, -0.1) is 0 Å². The molecule has 0 aliphatic rings. The van der Waals surface area contributed by atoms with Crippen molar-refractivity contribution in [3.63, 3.8) is 0 Å². The van der Waals surface area contributed by atoms with E-state index in [1.165, 1.54) is 12.1 Å². The van der Waals surface area contributed by atoms with Crippen LogP contribution in [0, 0.1) is 5.82 Å². The number of rotatable bonds is 5. The molecule has 28 heavy (non-hydrogen) atoms. The van der Waals surface area contributed by atoms with E-state index in [0.29, 0.717) is 17.2 Å². The number of hydrogen-bond donors (Lipinski definition) is 1. The highest BCUT2D eigenvalue weighted by Gasteiger charge is 2.17. The maximum absolute atomic E-state index is 13.7. The molecule has 1 aromatic heterocycles. The Hall–Kier alpha value is -3.67. The first-order valence-electron chi connectivity index (χ1n) is 8.78. The Kier molecular flexibility index (Phi) is 4.76. The normalized spacial score (nSPS) is 11.9. The SMILES string of the molecule is CC(Oc1ccccc1F)C(=O)Nc1cccc(-c2nc3ccccc3o2)c1. The Morgan fingerprint density at radius 1 is 1.07 bits per heavy atom. The largest absolute Gasteiger partial charge is 0.478 e. The molecule has 4 aromatic rings. The van der Waals surface area contributed by atoms with Crippen molar-refractivity contribution in [3.05, 3.63) is 78.6 Å². The fourth-order valence-corrected chi connectivity index (χ4v) is 2.75. The third kappa shape index (κ3) is 3.71. The standard InChI is InChI=1S/C22H17FN2O3/c1-14(27-19-11-4-2-9-17(19)23)21(26)24-16-8-6-7-15(13-16)22-25-18-10-3-5-12-20(18)28-22/h2-14H,1H3,(H,24,26). The second kappa shape index (κ2) is 7.52. The Bertz CT molecular complexity index is 1110. The van der Waals surface area contributed by atoms with Crippen LogP contribution < -0.4 is 10.1 Å². The summed E-state index contributed by atoms with van der Waals surface area (Å²) in [6.07, 6.45) is -0.870. The molecule has 0 fully saturated rings. The minimum absolute atomic E-state index is 0.0328. The molecule has 0 aliphatic carbocycles. The number of hydrogen-bond acceptors (Lipinski definition) is 4. The van der Waals surface area contributed by atoms with Crippen LogP contribution in [0.5, 0.6) is 5.75 Å². The van der Waals surface area contributed by atoms with Crippen molar-refractivity contribution in [2.75, 3.05) is 5.32 Å². The first-order chi connectivity index (χ1) is 13.6. The van der Waals surface area contributed by atoms with Gasteiger partial charge in [0.05, 0.1) is 0 Å². The molecular formula is C22H17FN2O3. The van der Waals surface area contributed by atoms with Crippen LogP contribution >= 0.6 is 0 Å². The minimum atomic E-state index is -0.870. The number of anilines is 1. The number of oxazole rings is 1. The van der Waals surface area contributed by atoms with Gasteiger partial charge < -0.3 is 14.5 Å². The quantitative estimate of drug-likeness (QED) is 0.530. The Balaban J connectivity index is 1.50. The molecule has 140 valence electrons. The van der Waals surface area contributed by atoms with E-state index in [1.807, 2.05) is 30.3 Å². The number of nitrogens with one attached hydrogen (secondary N) is 1. The Morgan fingerprint density at radius 2 is 1.86 bits per heavy atom. The van der Waals surface area contributed by atoms with Crippen molar-refractivity contribution in [2.45, 2.75) is 13.0 Å². The van der Waals surface area contributed by atoms with E-state index in [0.717, 1.165) is 11.1 Å². The second-order valence-corrected chi connectivity index (χ2v) is 6.25. The molecule has 1 amide bonds. The van der Waals surface area contributed by atoms with E-state index in [9.17, 15) is 9.18 Å². The molecule has 0 bridgehead atoms. The molecule has 1 atom stereocenters. The molecule has 0 radical (unpaired) electrons. The molecule has 1 heterocycles. The monoisotopic (exact) mass is 376 g/mol. The zero-order valence-electron chi connectivity index (χ0n) is 15.1. The van der Waals surface area contributed by atoms with E-state index >= 15 is 0 Å². The van der Waals surface area contributed by atoms with Crippen molar-refractivity contribution in [1.29, 1.82) is 0 Å². The smallest absolute Gasteiger partial charge is 0.265 e. The molecule has 4 rings (SSSR count). The number of halogens is 1. The molecular weight excluding hydrogens is 359 g/mol. The number of ether oxygens (including phenoxy) is 1. The third-order valence-electron chi connectivity index (χ3n) is 4.18. The molecule has 1 N–H and O–H groups in total. The Labute approximate surface area is 160 Å².